The molecule has 6 heteroatoms. The van der Waals surface area contributed by atoms with Crippen LogP contribution in [0.3, 0.4) is 0 Å². The molecule has 0 saturated carbocycles. The van der Waals surface area contributed by atoms with Gasteiger partial charge >= 0.3 is 0 Å². The van der Waals surface area contributed by atoms with Crippen LogP contribution in [0.2, 0.25) is 0 Å². The van der Waals surface area contributed by atoms with E-state index in [-0.39, 0.29) is 0 Å². The zero-order chi connectivity index (χ0) is 11.4. The van der Waals surface area contributed by atoms with Crippen LogP contribution in [0.4, 0.5) is 11.6 Å². The number of rotatable bonds is 3. The SMILES string of the molecule is Nc1ccc(CSc2nccnc2N)cn1. The summed E-state index contributed by atoms with van der Waals surface area (Å²) in [7, 11) is 0. The molecule has 0 amide bonds. The maximum atomic E-state index is 5.68. The standard InChI is InChI=1S/C10H11N5S/c11-8-2-1-7(5-15-8)6-16-10-9(12)13-3-4-14-10/h1-5H,6H2,(H2,11,15)(H2,12,13). The Labute approximate surface area is 97.3 Å². The molecule has 0 aliphatic carbocycles. The Kier molecular flexibility index (Phi) is 3.21. The first kappa shape index (κ1) is 10.7. The van der Waals surface area contributed by atoms with E-state index in [1.54, 1.807) is 24.7 Å². The van der Waals surface area contributed by atoms with Gasteiger partial charge in [0.15, 0.2) is 5.82 Å². The Morgan fingerprint density at radius 3 is 2.56 bits per heavy atom. The molecule has 0 aliphatic heterocycles. The molecule has 2 aromatic heterocycles. The van der Waals surface area contributed by atoms with E-state index in [0.717, 1.165) is 16.3 Å². The molecule has 5 nitrogen and oxygen atoms in total. The first-order valence-corrected chi connectivity index (χ1v) is 5.64. The van der Waals surface area contributed by atoms with Crippen molar-refractivity contribution in [2.45, 2.75) is 10.8 Å². The fourth-order valence-corrected chi connectivity index (χ4v) is 1.93. The van der Waals surface area contributed by atoms with Gasteiger partial charge in [-0.05, 0) is 11.6 Å². The molecule has 0 fully saturated rings. The van der Waals surface area contributed by atoms with Crippen LogP contribution >= 0.6 is 11.8 Å². The molecule has 0 aromatic carbocycles. The van der Waals surface area contributed by atoms with Crippen LogP contribution in [-0.2, 0) is 5.75 Å². The van der Waals surface area contributed by atoms with Gasteiger partial charge in [-0.2, -0.15) is 0 Å². The molecule has 0 aliphatic rings. The summed E-state index contributed by atoms with van der Waals surface area (Å²) in [5.74, 6) is 1.72. The molecule has 0 radical (unpaired) electrons. The van der Waals surface area contributed by atoms with Gasteiger partial charge in [-0.3, -0.25) is 0 Å². The van der Waals surface area contributed by atoms with E-state index in [1.807, 2.05) is 6.07 Å². The quantitative estimate of drug-likeness (QED) is 0.777. The summed E-state index contributed by atoms with van der Waals surface area (Å²) in [6.07, 6.45) is 4.94. The summed E-state index contributed by atoms with van der Waals surface area (Å²) in [5.41, 5.74) is 12.2. The minimum Gasteiger partial charge on any atom is -0.384 e. The number of nitrogen functional groups attached to an aromatic ring is 2. The molecule has 0 bridgehead atoms. The van der Waals surface area contributed by atoms with Crippen molar-refractivity contribution in [3.8, 4) is 0 Å². The summed E-state index contributed by atoms with van der Waals surface area (Å²) in [6, 6.07) is 3.71. The van der Waals surface area contributed by atoms with E-state index in [9.17, 15) is 0 Å². The molecule has 0 unspecified atom stereocenters. The summed E-state index contributed by atoms with van der Waals surface area (Å²) >= 11 is 1.53. The van der Waals surface area contributed by atoms with E-state index in [1.165, 1.54) is 11.8 Å². The smallest absolute Gasteiger partial charge is 0.156 e. The molecular formula is C10H11N5S. The van der Waals surface area contributed by atoms with Crippen molar-refractivity contribution in [3.05, 3.63) is 36.3 Å². The van der Waals surface area contributed by atoms with Crippen molar-refractivity contribution < 1.29 is 0 Å². The highest BCUT2D eigenvalue weighted by Crippen LogP contribution is 2.23. The fourth-order valence-electron chi connectivity index (χ4n) is 1.12. The number of thioether (sulfide) groups is 1. The second-order valence-corrected chi connectivity index (χ2v) is 4.09. The second-order valence-electron chi connectivity index (χ2n) is 3.13. The van der Waals surface area contributed by atoms with E-state index < -0.39 is 0 Å². The third kappa shape index (κ3) is 2.60. The van der Waals surface area contributed by atoms with Crippen LogP contribution in [0.15, 0.2) is 35.7 Å². The lowest BCUT2D eigenvalue weighted by atomic mass is 10.3. The van der Waals surface area contributed by atoms with Gasteiger partial charge in [0.25, 0.3) is 0 Å². The number of nitrogens with two attached hydrogens (primary N) is 2. The molecule has 0 atom stereocenters. The average molecular weight is 233 g/mol. The lowest BCUT2D eigenvalue weighted by Crippen LogP contribution is -1.95. The third-order valence-corrected chi connectivity index (χ3v) is 2.98. The van der Waals surface area contributed by atoms with Crippen molar-refractivity contribution in [1.29, 1.82) is 0 Å². The van der Waals surface area contributed by atoms with E-state index in [0.29, 0.717) is 11.6 Å². The lowest BCUT2D eigenvalue weighted by Gasteiger charge is -2.02. The van der Waals surface area contributed by atoms with E-state index in [2.05, 4.69) is 15.0 Å². The van der Waals surface area contributed by atoms with Gasteiger partial charge in [-0.15, -0.1) is 0 Å². The second kappa shape index (κ2) is 4.80. The first-order valence-electron chi connectivity index (χ1n) is 4.65. The third-order valence-electron chi connectivity index (χ3n) is 1.91. The average Bonchev–Trinajstić information content (AvgIpc) is 2.30. The van der Waals surface area contributed by atoms with Gasteiger partial charge < -0.3 is 11.5 Å². The number of hydrogen-bond acceptors (Lipinski definition) is 6. The Balaban J connectivity index is 2.02. The molecule has 16 heavy (non-hydrogen) atoms. The molecule has 2 rings (SSSR count). The summed E-state index contributed by atoms with van der Waals surface area (Å²) in [6.45, 7) is 0. The largest absolute Gasteiger partial charge is 0.384 e. The highest BCUT2D eigenvalue weighted by molar-refractivity contribution is 7.98. The number of nitrogens with zero attached hydrogens (tertiary/aromatic N) is 3. The number of pyridine rings is 1. The summed E-state index contributed by atoms with van der Waals surface area (Å²) in [4.78, 5) is 12.1. The Hall–Kier alpha value is -1.82. The van der Waals surface area contributed by atoms with Crippen molar-refractivity contribution in [2.75, 3.05) is 11.5 Å². The minimum absolute atomic E-state index is 0.455. The highest BCUT2D eigenvalue weighted by atomic mass is 32.2. The predicted octanol–water partition coefficient (Wildman–Crippen LogP) is 1.33. The molecule has 0 spiro atoms. The maximum absolute atomic E-state index is 5.68. The minimum atomic E-state index is 0.455. The number of anilines is 2. The van der Waals surface area contributed by atoms with E-state index >= 15 is 0 Å². The molecule has 82 valence electrons. The predicted molar refractivity (Wildman–Crippen MR) is 64.7 cm³/mol. The van der Waals surface area contributed by atoms with Crippen molar-refractivity contribution >= 4 is 23.4 Å². The Morgan fingerprint density at radius 2 is 1.88 bits per heavy atom. The monoisotopic (exact) mass is 233 g/mol. The molecule has 4 N–H and O–H groups in total. The summed E-state index contributed by atoms with van der Waals surface area (Å²) in [5, 5.41) is 0.735. The van der Waals surface area contributed by atoms with Crippen LogP contribution in [0, 0.1) is 0 Å². The Bertz CT molecular complexity index is 471. The van der Waals surface area contributed by atoms with Gasteiger partial charge in [0.2, 0.25) is 0 Å². The molecule has 2 heterocycles. The van der Waals surface area contributed by atoms with Gasteiger partial charge in [0, 0.05) is 24.3 Å². The van der Waals surface area contributed by atoms with Crippen LogP contribution in [-0.4, -0.2) is 15.0 Å². The lowest BCUT2D eigenvalue weighted by molar-refractivity contribution is 1.07. The van der Waals surface area contributed by atoms with Crippen molar-refractivity contribution in [2.24, 2.45) is 0 Å². The molecule has 0 saturated heterocycles. The molecule has 2 aromatic rings. The fraction of sp³-hybridized carbons (Fsp3) is 0.100. The number of aromatic nitrogens is 3. The van der Waals surface area contributed by atoms with E-state index in [4.69, 9.17) is 11.5 Å². The van der Waals surface area contributed by atoms with Gasteiger partial charge in [0.05, 0.1) is 0 Å². The van der Waals surface area contributed by atoms with Crippen molar-refractivity contribution in [3.63, 3.8) is 0 Å². The van der Waals surface area contributed by atoms with Gasteiger partial charge in [-0.25, -0.2) is 15.0 Å². The van der Waals surface area contributed by atoms with Crippen LogP contribution in [0.5, 0.6) is 0 Å². The van der Waals surface area contributed by atoms with Crippen LogP contribution in [0.25, 0.3) is 0 Å². The topological polar surface area (TPSA) is 90.7 Å². The molecular weight excluding hydrogens is 222 g/mol. The Morgan fingerprint density at radius 1 is 1.06 bits per heavy atom. The first-order chi connectivity index (χ1) is 7.75. The normalized spacial score (nSPS) is 10.2. The summed E-state index contributed by atoms with van der Waals surface area (Å²) < 4.78 is 0. The van der Waals surface area contributed by atoms with Gasteiger partial charge in [-0.1, -0.05) is 17.8 Å². The number of hydrogen-bond donors (Lipinski definition) is 2. The van der Waals surface area contributed by atoms with Crippen LogP contribution < -0.4 is 11.5 Å². The maximum Gasteiger partial charge on any atom is 0.156 e. The van der Waals surface area contributed by atoms with Crippen LogP contribution in [0.1, 0.15) is 5.56 Å². The van der Waals surface area contributed by atoms with Gasteiger partial charge in [0.1, 0.15) is 10.8 Å². The van der Waals surface area contributed by atoms with Crippen molar-refractivity contribution in [1.82, 2.24) is 15.0 Å². The highest BCUT2D eigenvalue weighted by Gasteiger charge is 2.02. The zero-order valence-electron chi connectivity index (χ0n) is 8.50. The zero-order valence-corrected chi connectivity index (χ0v) is 9.31.